The molecule has 0 saturated carbocycles. The van der Waals surface area contributed by atoms with Crippen LogP contribution >= 0.6 is 11.8 Å². The molecule has 1 aliphatic heterocycles. The zero-order valence-electron chi connectivity index (χ0n) is 13.8. The highest BCUT2D eigenvalue weighted by molar-refractivity contribution is 7.98. The molecule has 1 aromatic carbocycles. The number of aromatic nitrogens is 2. The smallest absolute Gasteiger partial charge is 0.228 e. The highest BCUT2D eigenvalue weighted by Gasteiger charge is 2.30. The Morgan fingerprint density at radius 1 is 1.48 bits per heavy atom. The Morgan fingerprint density at radius 3 is 3.08 bits per heavy atom. The Balaban J connectivity index is 1.52. The SMILES string of the molecule is Cc1[nH]cnc1CSCCNC(=O)C1CC(=O)Nc2ccc(F)cc21. The molecule has 0 fully saturated rings. The quantitative estimate of drug-likeness (QED) is 0.689. The van der Waals surface area contributed by atoms with Crippen LogP contribution in [0.15, 0.2) is 24.5 Å². The molecule has 132 valence electrons. The molecule has 1 aliphatic rings. The second kappa shape index (κ2) is 7.69. The Bertz CT molecular complexity index is 793. The van der Waals surface area contributed by atoms with Crippen LogP contribution in [0.3, 0.4) is 0 Å². The number of imidazole rings is 1. The van der Waals surface area contributed by atoms with Gasteiger partial charge >= 0.3 is 0 Å². The van der Waals surface area contributed by atoms with Crippen molar-refractivity contribution in [3.8, 4) is 0 Å². The van der Waals surface area contributed by atoms with Gasteiger partial charge in [-0.2, -0.15) is 11.8 Å². The monoisotopic (exact) mass is 362 g/mol. The van der Waals surface area contributed by atoms with Gasteiger partial charge in [-0.05, 0) is 30.7 Å². The number of aryl methyl sites for hydroxylation is 1. The first-order valence-corrected chi connectivity index (χ1v) is 9.13. The lowest BCUT2D eigenvalue weighted by Crippen LogP contribution is -2.36. The van der Waals surface area contributed by atoms with Gasteiger partial charge in [0.25, 0.3) is 0 Å². The third-order valence-electron chi connectivity index (χ3n) is 4.09. The molecule has 3 N–H and O–H groups in total. The van der Waals surface area contributed by atoms with Crippen LogP contribution in [0.2, 0.25) is 0 Å². The van der Waals surface area contributed by atoms with Crippen LogP contribution in [0.25, 0.3) is 0 Å². The maximum absolute atomic E-state index is 13.5. The number of halogens is 1. The molecular formula is C17H19FN4O2S. The van der Waals surface area contributed by atoms with E-state index in [2.05, 4.69) is 20.6 Å². The second-order valence-electron chi connectivity index (χ2n) is 5.85. The highest BCUT2D eigenvalue weighted by atomic mass is 32.2. The Hall–Kier alpha value is -2.35. The lowest BCUT2D eigenvalue weighted by molar-refractivity contribution is -0.126. The van der Waals surface area contributed by atoms with Gasteiger partial charge in [0.2, 0.25) is 11.8 Å². The van der Waals surface area contributed by atoms with Crippen molar-refractivity contribution in [1.29, 1.82) is 0 Å². The molecule has 2 aromatic rings. The van der Waals surface area contributed by atoms with Crippen LogP contribution in [-0.4, -0.2) is 34.1 Å². The summed E-state index contributed by atoms with van der Waals surface area (Å²) in [5.74, 6) is -0.0607. The van der Waals surface area contributed by atoms with E-state index in [1.165, 1.54) is 18.2 Å². The molecule has 0 saturated heterocycles. The minimum absolute atomic E-state index is 0.0297. The molecular weight excluding hydrogens is 343 g/mol. The summed E-state index contributed by atoms with van der Waals surface area (Å²) in [5.41, 5.74) is 3.08. The van der Waals surface area contributed by atoms with Crippen LogP contribution < -0.4 is 10.6 Å². The molecule has 0 radical (unpaired) electrons. The molecule has 8 heteroatoms. The summed E-state index contributed by atoms with van der Waals surface area (Å²) >= 11 is 1.67. The summed E-state index contributed by atoms with van der Waals surface area (Å²) < 4.78 is 13.5. The number of thioether (sulfide) groups is 1. The molecule has 0 aliphatic carbocycles. The number of nitrogens with one attached hydrogen (secondary N) is 3. The predicted octanol–water partition coefficient (Wildman–Crippen LogP) is 2.33. The zero-order chi connectivity index (χ0) is 17.8. The van der Waals surface area contributed by atoms with Gasteiger partial charge in [0.1, 0.15) is 5.82 Å². The van der Waals surface area contributed by atoms with Crippen LogP contribution in [-0.2, 0) is 15.3 Å². The van der Waals surface area contributed by atoms with Gasteiger partial charge in [0.05, 0.1) is 17.9 Å². The van der Waals surface area contributed by atoms with E-state index in [0.717, 1.165) is 22.9 Å². The van der Waals surface area contributed by atoms with Gasteiger partial charge < -0.3 is 15.6 Å². The van der Waals surface area contributed by atoms with Gasteiger partial charge in [-0.3, -0.25) is 9.59 Å². The number of anilines is 1. The van der Waals surface area contributed by atoms with E-state index < -0.39 is 11.7 Å². The Labute approximate surface area is 149 Å². The first-order valence-electron chi connectivity index (χ1n) is 7.98. The molecule has 2 heterocycles. The van der Waals surface area contributed by atoms with Crippen molar-refractivity contribution in [3.05, 3.63) is 47.3 Å². The van der Waals surface area contributed by atoms with Crippen LogP contribution in [0.4, 0.5) is 10.1 Å². The fourth-order valence-corrected chi connectivity index (χ4v) is 3.61. The van der Waals surface area contributed by atoms with E-state index in [1.54, 1.807) is 18.1 Å². The number of fused-ring (bicyclic) bond motifs is 1. The number of nitrogens with zero attached hydrogens (tertiary/aromatic N) is 1. The first-order chi connectivity index (χ1) is 12.0. The van der Waals surface area contributed by atoms with Crippen molar-refractivity contribution in [2.24, 2.45) is 0 Å². The third-order valence-corrected chi connectivity index (χ3v) is 5.06. The predicted molar refractivity (Wildman–Crippen MR) is 94.9 cm³/mol. The van der Waals surface area contributed by atoms with Gasteiger partial charge in [0, 0.05) is 35.9 Å². The number of carbonyl (C=O) groups is 2. The third kappa shape index (κ3) is 4.19. The first kappa shape index (κ1) is 17.5. The average Bonchev–Trinajstić information content (AvgIpc) is 2.99. The van der Waals surface area contributed by atoms with E-state index in [9.17, 15) is 14.0 Å². The average molecular weight is 362 g/mol. The maximum Gasteiger partial charge on any atom is 0.228 e. The van der Waals surface area contributed by atoms with E-state index in [0.29, 0.717) is 17.8 Å². The van der Waals surface area contributed by atoms with Gasteiger partial charge in [-0.15, -0.1) is 0 Å². The van der Waals surface area contributed by atoms with Crippen LogP contribution in [0, 0.1) is 12.7 Å². The normalized spacial score (nSPS) is 16.2. The van der Waals surface area contributed by atoms with E-state index in [-0.39, 0.29) is 18.2 Å². The van der Waals surface area contributed by atoms with E-state index in [4.69, 9.17) is 0 Å². The molecule has 2 amide bonds. The summed E-state index contributed by atoms with van der Waals surface area (Å²) in [6, 6.07) is 4.07. The standard InChI is InChI=1S/C17H19FN4O2S/c1-10-15(21-9-20-10)8-25-5-4-19-17(24)13-7-16(23)22-14-3-2-11(18)6-12(13)14/h2-3,6,9,13H,4-5,7-8H2,1H3,(H,19,24)(H,20,21)(H,22,23). The fourth-order valence-electron chi connectivity index (χ4n) is 2.74. The summed E-state index contributed by atoms with van der Waals surface area (Å²) in [7, 11) is 0. The van der Waals surface area contributed by atoms with E-state index in [1.807, 2.05) is 6.92 Å². The van der Waals surface area contributed by atoms with Crippen molar-refractivity contribution in [2.45, 2.75) is 25.0 Å². The van der Waals surface area contributed by atoms with Crippen molar-refractivity contribution in [2.75, 3.05) is 17.6 Å². The molecule has 1 atom stereocenters. The second-order valence-corrected chi connectivity index (χ2v) is 6.96. The molecule has 1 aromatic heterocycles. The van der Waals surface area contributed by atoms with Crippen LogP contribution in [0.1, 0.15) is 29.3 Å². The summed E-state index contributed by atoms with van der Waals surface area (Å²) in [5, 5.41) is 5.51. The number of hydrogen-bond donors (Lipinski definition) is 3. The number of benzene rings is 1. The van der Waals surface area contributed by atoms with E-state index >= 15 is 0 Å². The molecule has 25 heavy (non-hydrogen) atoms. The zero-order valence-corrected chi connectivity index (χ0v) is 14.6. The molecule has 0 bridgehead atoms. The van der Waals surface area contributed by atoms with Gasteiger partial charge in [-0.25, -0.2) is 9.37 Å². The topological polar surface area (TPSA) is 86.9 Å². The summed E-state index contributed by atoms with van der Waals surface area (Å²) in [6.45, 7) is 2.45. The lowest BCUT2D eigenvalue weighted by Gasteiger charge is -2.24. The Kier molecular flexibility index (Phi) is 5.37. The van der Waals surface area contributed by atoms with Gasteiger partial charge in [0.15, 0.2) is 0 Å². The number of amides is 2. The molecule has 3 rings (SSSR count). The molecule has 6 nitrogen and oxygen atoms in total. The summed E-state index contributed by atoms with van der Waals surface area (Å²) in [6.07, 6.45) is 1.69. The number of rotatable bonds is 6. The number of H-pyrrole nitrogens is 1. The van der Waals surface area contributed by atoms with Gasteiger partial charge in [-0.1, -0.05) is 0 Å². The summed E-state index contributed by atoms with van der Waals surface area (Å²) in [4.78, 5) is 31.4. The largest absolute Gasteiger partial charge is 0.355 e. The van der Waals surface area contributed by atoms with Crippen molar-refractivity contribution >= 4 is 29.3 Å². The van der Waals surface area contributed by atoms with Crippen molar-refractivity contribution in [3.63, 3.8) is 0 Å². The van der Waals surface area contributed by atoms with Crippen LogP contribution in [0.5, 0.6) is 0 Å². The number of hydrogen-bond acceptors (Lipinski definition) is 4. The Morgan fingerprint density at radius 2 is 2.32 bits per heavy atom. The highest BCUT2D eigenvalue weighted by Crippen LogP contribution is 2.32. The fraction of sp³-hybridized carbons (Fsp3) is 0.353. The molecule has 0 spiro atoms. The molecule has 1 unspecified atom stereocenters. The van der Waals surface area contributed by atoms with Crippen molar-refractivity contribution < 1.29 is 14.0 Å². The minimum atomic E-state index is -0.655. The number of aromatic amines is 1. The minimum Gasteiger partial charge on any atom is -0.355 e. The maximum atomic E-state index is 13.5. The van der Waals surface area contributed by atoms with Crippen molar-refractivity contribution in [1.82, 2.24) is 15.3 Å². The number of carbonyl (C=O) groups excluding carboxylic acids is 2. The lowest BCUT2D eigenvalue weighted by atomic mass is 9.89.